The summed E-state index contributed by atoms with van der Waals surface area (Å²) in [6.45, 7) is 5.20. The number of nitrogens with one attached hydrogen (secondary N) is 1. The highest BCUT2D eigenvalue weighted by molar-refractivity contribution is 9.10. The highest BCUT2D eigenvalue weighted by Gasteiger charge is 2.16. The van der Waals surface area contributed by atoms with Gasteiger partial charge in [-0.15, -0.1) is 11.3 Å². The molecule has 2 aromatic rings. The van der Waals surface area contributed by atoms with E-state index in [-0.39, 0.29) is 6.04 Å². The molecular formula is C15H17BrClNS. The van der Waals surface area contributed by atoms with Gasteiger partial charge in [0, 0.05) is 19.8 Å². The zero-order valence-corrected chi connectivity index (χ0v) is 14.2. The first kappa shape index (κ1) is 15.0. The molecule has 1 aromatic carbocycles. The predicted molar refractivity (Wildman–Crippen MR) is 88.3 cm³/mol. The van der Waals surface area contributed by atoms with Crippen LogP contribution in [0.2, 0.25) is 5.02 Å². The first-order chi connectivity index (χ1) is 9.11. The van der Waals surface area contributed by atoms with Crippen molar-refractivity contribution < 1.29 is 0 Å². The summed E-state index contributed by atoms with van der Waals surface area (Å²) in [6.07, 6.45) is 1.11. The second kappa shape index (κ2) is 6.89. The minimum atomic E-state index is 0.217. The maximum absolute atomic E-state index is 6.25. The van der Waals surface area contributed by atoms with Crippen LogP contribution in [0.1, 0.15) is 35.4 Å². The van der Waals surface area contributed by atoms with Gasteiger partial charge in [0.2, 0.25) is 0 Å². The summed E-state index contributed by atoms with van der Waals surface area (Å²) in [6, 6.07) is 8.70. The van der Waals surface area contributed by atoms with E-state index < -0.39 is 0 Å². The first-order valence-corrected chi connectivity index (χ1v) is 8.40. The molecule has 0 fully saturated rings. The second-order valence-corrected chi connectivity index (χ2v) is 6.83. The molecule has 1 nitrogen and oxygen atoms in total. The number of hydrogen-bond donors (Lipinski definition) is 1. The summed E-state index contributed by atoms with van der Waals surface area (Å²) < 4.78 is 1.13. The number of rotatable bonds is 5. The molecule has 1 unspecified atom stereocenters. The fourth-order valence-corrected chi connectivity index (χ4v) is 3.67. The summed E-state index contributed by atoms with van der Waals surface area (Å²) in [4.78, 5) is 1.31. The quantitative estimate of drug-likeness (QED) is 0.737. The van der Waals surface area contributed by atoms with Crippen molar-refractivity contribution in [3.63, 3.8) is 0 Å². The molecule has 1 aromatic heterocycles. The van der Waals surface area contributed by atoms with Crippen molar-refractivity contribution in [3.05, 3.63) is 55.1 Å². The lowest BCUT2D eigenvalue weighted by molar-refractivity contribution is 0.606. The van der Waals surface area contributed by atoms with Gasteiger partial charge in [-0.2, -0.15) is 0 Å². The molecule has 1 N–H and O–H groups in total. The highest BCUT2D eigenvalue weighted by Crippen LogP contribution is 2.31. The van der Waals surface area contributed by atoms with Gasteiger partial charge in [0.1, 0.15) is 0 Å². The lowest BCUT2D eigenvalue weighted by Gasteiger charge is -2.18. The number of halogens is 2. The van der Waals surface area contributed by atoms with Gasteiger partial charge in [-0.3, -0.25) is 0 Å². The topological polar surface area (TPSA) is 12.0 Å². The van der Waals surface area contributed by atoms with E-state index in [4.69, 9.17) is 11.6 Å². The first-order valence-electron chi connectivity index (χ1n) is 6.35. The van der Waals surface area contributed by atoms with Crippen LogP contribution < -0.4 is 5.32 Å². The molecule has 1 heterocycles. The lowest BCUT2D eigenvalue weighted by Crippen LogP contribution is -2.22. The lowest BCUT2D eigenvalue weighted by atomic mass is 10.0. The Morgan fingerprint density at radius 1 is 1.37 bits per heavy atom. The Hall–Kier alpha value is -0.350. The standard InChI is InChI=1S/C15H17BrClNS/c1-3-6-18-15(14-8-12(16)9-19-14)11-5-4-10(2)13(17)7-11/h4-5,7-9,15,18H,3,6H2,1-2H3. The average molecular weight is 359 g/mol. The summed E-state index contributed by atoms with van der Waals surface area (Å²) >= 11 is 11.5. The van der Waals surface area contributed by atoms with E-state index in [1.54, 1.807) is 11.3 Å². The van der Waals surface area contributed by atoms with Gasteiger partial charge < -0.3 is 5.32 Å². The van der Waals surface area contributed by atoms with E-state index >= 15 is 0 Å². The number of thiophene rings is 1. The Bertz CT molecular complexity index is 553. The Morgan fingerprint density at radius 3 is 2.74 bits per heavy atom. The molecule has 0 aliphatic rings. The number of hydrogen-bond acceptors (Lipinski definition) is 2. The van der Waals surface area contributed by atoms with Gasteiger partial charge in [0.25, 0.3) is 0 Å². The highest BCUT2D eigenvalue weighted by atomic mass is 79.9. The predicted octanol–water partition coefficient (Wildman–Crippen LogP) is 5.56. The van der Waals surface area contributed by atoms with Crippen LogP contribution >= 0.6 is 38.9 Å². The monoisotopic (exact) mass is 357 g/mol. The fraction of sp³-hybridized carbons (Fsp3) is 0.333. The zero-order valence-electron chi connectivity index (χ0n) is 11.0. The van der Waals surface area contributed by atoms with Crippen molar-refractivity contribution in [3.8, 4) is 0 Å². The maximum atomic E-state index is 6.25. The minimum Gasteiger partial charge on any atom is -0.306 e. The largest absolute Gasteiger partial charge is 0.306 e. The average Bonchev–Trinajstić information content (AvgIpc) is 2.80. The van der Waals surface area contributed by atoms with Gasteiger partial charge in [-0.25, -0.2) is 0 Å². The van der Waals surface area contributed by atoms with Crippen LogP contribution in [0.15, 0.2) is 34.1 Å². The third-order valence-corrected chi connectivity index (χ3v) is 5.17. The van der Waals surface area contributed by atoms with Crippen molar-refractivity contribution in [2.75, 3.05) is 6.54 Å². The Labute approximate surface area is 132 Å². The van der Waals surface area contributed by atoms with E-state index in [0.29, 0.717) is 0 Å². The van der Waals surface area contributed by atoms with Crippen molar-refractivity contribution in [2.45, 2.75) is 26.3 Å². The molecule has 0 amide bonds. The van der Waals surface area contributed by atoms with Crippen LogP contribution in [0.5, 0.6) is 0 Å². The summed E-state index contributed by atoms with van der Waals surface area (Å²) in [5.41, 5.74) is 2.34. The van der Waals surface area contributed by atoms with Crippen molar-refractivity contribution in [2.24, 2.45) is 0 Å². The van der Waals surface area contributed by atoms with Crippen molar-refractivity contribution >= 4 is 38.9 Å². The summed E-state index contributed by atoms with van der Waals surface area (Å²) in [5, 5.41) is 6.54. The molecule has 0 radical (unpaired) electrons. The molecule has 2 rings (SSSR count). The van der Waals surface area contributed by atoms with Crippen LogP contribution in [0, 0.1) is 6.92 Å². The third kappa shape index (κ3) is 3.82. The van der Waals surface area contributed by atoms with E-state index in [1.807, 2.05) is 6.92 Å². The van der Waals surface area contributed by atoms with Crippen molar-refractivity contribution in [1.29, 1.82) is 0 Å². The van der Waals surface area contributed by atoms with Crippen LogP contribution in [0.4, 0.5) is 0 Å². The van der Waals surface area contributed by atoms with Crippen LogP contribution in [0.3, 0.4) is 0 Å². The van der Waals surface area contributed by atoms with Crippen molar-refractivity contribution in [1.82, 2.24) is 5.32 Å². The molecule has 0 saturated carbocycles. The fourth-order valence-electron chi connectivity index (χ4n) is 1.94. The molecule has 4 heteroatoms. The normalized spacial score (nSPS) is 12.6. The summed E-state index contributed by atoms with van der Waals surface area (Å²) in [7, 11) is 0. The number of benzene rings is 1. The minimum absolute atomic E-state index is 0.217. The second-order valence-electron chi connectivity index (χ2n) is 4.56. The molecule has 1 atom stereocenters. The maximum Gasteiger partial charge on any atom is 0.0671 e. The Morgan fingerprint density at radius 2 is 2.16 bits per heavy atom. The van der Waals surface area contributed by atoms with Gasteiger partial charge >= 0.3 is 0 Å². The zero-order chi connectivity index (χ0) is 13.8. The molecule has 0 bridgehead atoms. The Balaban J connectivity index is 2.33. The van der Waals surface area contributed by atoms with E-state index in [0.717, 1.165) is 28.0 Å². The van der Waals surface area contributed by atoms with Gasteiger partial charge in [0.15, 0.2) is 0 Å². The number of aryl methyl sites for hydroxylation is 1. The molecule has 0 spiro atoms. The molecular weight excluding hydrogens is 342 g/mol. The molecule has 102 valence electrons. The molecule has 0 saturated heterocycles. The summed E-state index contributed by atoms with van der Waals surface area (Å²) in [5.74, 6) is 0. The van der Waals surface area contributed by atoms with E-state index in [1.165, 1.54) is 10.4 Å². The smallest absolute Gasteiger partial charge is 0.0671 e. The van der Waals surface area contributed by atoms with Gasteiger partial charge in [-0.1, -0.05) is 30.7 Å². The molecule has 19 heavy (non-hydrogen) atoms. The third-order valence-electron chi connectivity index (χ3n) is 3.00. The molecule has 0 aliphatic carbocycles. The van der Waals surface area contributed by atoms with Crippen LogP contribution in [-0.4, -0.2) is 6.54 Å². The Kier molecular flexibility index (Phi) is 5.46. The van der Waals surface area contributed by atoms with Crippen LogP contribution in [-0.2, 0) is 0 Å². The van der Waals surface area contributed by atoms with E-state index in [2.05, 4.69) is 57.8 Å². The van der Waals surface area contributed by atoms with Crippen LogP contribution in [0.25, 0.3) is 0 Å². The molecule has 0 aliphatic heterocycles. The SMILES string of the molecule is CCCNC(c1ccc(C)c(Cl)c1)c1cc(Br)cs1. The van der Waals surface area contributed by atoms with Gasteiger partial charge in [-0.05, 0) is 59.1 Å². The van der Waals surface area contributed by atoms with Gasteiger partial charge in [0.05, 0.1) is 6.04 Å². The van der Waals surface area contributed by atoms with E-state index in [9.17, 15) is 0 Å².